The number of alkyl halides is 2. The summed E-state index contributed by atoms with van der Waals surface area (Å²) in [6.45, 7) is 2.57. The molecule has 8 nitrogen and oxygen atoms in total. The highest BCUT2D eigenvalue weighted by Gasteiger charge is 2.40. The van der Waals surface area contributed by atoms with Crippen molar-refractivity contribution < 1.29 is 23.1 Å². The van der Waals surface area contributed by atoms with E-state index in [2.05, 4.69) is 20.3 Å². The fourth-order valence-electron chi connectivity index (χ4n) is 4.81. The third-order valence-electron chi connectivity index (χ3n) is 6.71. The van der Waals surface area contributed by atoms with Crippen LogP contribution in [0, 0.1) is 18.8 Å². The van der Waals surface area contributed by atoms with Gasteiger partial charge in [0.15, 0.2) is 5.13 Å². The van der Waals surface area contributed by atoms with Gasteiger partial charge in [-0.3, -0.25) is 19.9 Å². The lowest BCUT2D eigenvalue weighted by molar-refractivity contribution is -0.141. The number of nitrogens with zero attached hydrogens (tertiary/aromatic N) is 4. The molecule has 4 heterocycles. The third-order valence-corrected chi connectivity index (χ3v) is 7.92. The van der Waals surface area contributed by atoms with E-state index in [4.69, 9.17) is 16.3 Å². The predicted octanol–water partition coefficient (Wildman–Crippen LogP) is 5.35. The van der Waals surface area contributed by atoms with Crippen molar-refractivity contribution in [3.8, 4) is 16.9 Å². The van der Waals surface area contributed by atoms with Gasteiger partial charge in [-0.2, -0.15) is 0 Å². The Balaban J connectivity index is 1.27. The van der Waals surface area contributed by atoms with E-state index in [0.717, 1.165) is 10.6 Å². The Morgan fingerprint density at radius 2 is 2.00 bits per heavy atom. The topological polar surface area (TPSA) is 97.3 Å². The van der Waals surface area contributed by atoms with Crippen LogP contribution >= 0.6 is 22.9 Å². The lowest BCUT2D eigenvalue weighted by Gasteiger charge is -2.36. The van der Waals surface area contributed by atoms with Gasteiger partial charge in [0.2, 0.25) is 12.3 Å². The number of ether oxygens (including phenoxy) is 1. The number of amides is 2. The summed E-state index contributed by atoms with van der Waals surface area (Å²) >= 11 is 7.43. The lowest BCUT2D eigenvalue weighted by atomic mass is 9.72. The van der Waals surface area contributed by atoms with Gasteiger partial charge < -0.3 is 9.64 Å². The Morgan fingerprint density at radius 3 is 2.70 bits per heavy atom. The van der Waals surface area contributed by atoms with Crippen molar-refractivity contribution in [3.05, 3.63) is 51.5 Å². The van der Waals surface area contributed by atoms with Crippen LogP contribution in [0.3, 0.4) is 0 Å². The van der Waals surface area contributed by atoms with Crippen molar-refractivity contribution in [2.24, 2.45) is 11.8 Å². The molecule has 0 atom stereocenters. The second-order valence-corrected chi connectivity index (χ2v) is 10.7. The van der Waals surface area contributed by atoms with E-state index in [0.29, 0.717) is 59.2 Å². The minimum atomic E-state index is -2.33. The molecular formula is C25H24ClF2N5O3S. The summed E-state index contributed by atoms with van der Waals surface area (Å²) in [4.78, 5) is 41.5. The van der Waals surface area contributed by atoms with Crippen LogP contribution < -0.4 is 10.1 Å². The molecule has 3 aromatic rings. The molecule has 0 saturated heterocycles. The minimum absolute atomic E-state index is 0.0124. The van der Waals surface area contributed by atoms with Gasteiger partial charge in [0, 0.05) is 35.4 Å². The highest BCUT2D eigenvalue weighted by Crippen LogP contribution is 2.41. The molecule has 0 unspecified atom stereocenters. The number of rotatable bonds is 7. The number of fused-ring (bicyclic) bond motifs is 1. The molecule has 0 radical (unpaired) electrons. The van der Waals surface area contributed by atoms with Gasteiger partial charge in [0.25, 0.3) is 5.91 Å². The Labute approximate surface area is 221 Å². The van der Waals surface area contributed by atoms with Crippen LogP contribution in [0.15, 0.2) is 24.5 Å². The van der Waals surface area contributed by atoms with Crippen LogP contribution in [-0.4, -0.2) is 45.2 Å². The minimum Gasteiger partial charge on any atom is -0.494 e. The molecule has 0 aromatic carbocycles. The lowest BCUT2D eigenvalue weighted by Crippen LogP contribution is -2.39. The van der Waals surface area contributed by atoms with Crippen LogP contribution in [0.2, 0.25) is 5.15 Å². The predicted molar refractivity (Wildman–Crippen MR) is 135 cm³/mol. The van der Waals surface area contributed by atoms with Gasteiger partial charge in [0.05, 0.1) is 42.5 Å². The summed E-state index contributed by atoms with van der Waals surface area (Å²) in [5.74, 6) is -0.203. The zero-order chi connectivity index (χ0) is 26.3. The van der Waals surface area contributed by atoms with E-state index in [1.165, 1.54) is 30.8 Å². The first-order valence-corrected chi connectivity index (χ1v) is 12.9. The fraction of sp³-hybridized carbons (Fsp3) is 0.400. The number of anilines is 1. The quantitative estimate of drug-likeness (QED) is 0.401. The molecular weight excluding hydrogens is 524 g/mol. The van der Waals surface area contributed by atoms with Crippen molar-refractivity contribution in [2.75, 3.05) is 12.4 Å². The average molecular weight is 548 g/mol. The standard InChI is InChI=1S/C25H24ClF2N5O3S/c1-12-3-15(16-7-21(26)30-9-19(16)36-2)17(8-29-12)23(34)32-25-31-18-10-33(11-20(18)37-25)24(35)14-4-13(5-14)6-22(27)28/h3,7-9,13-14,22H,4-6,10-11H2,1-2H3,(H,31,32,34). The summed E-state index contributed by atoms with van der Waals surface area (Å²) in [5, 5.41) is 3.53. The van der Waals surface area contributed by atoms with Crippen LogP contribution in [0.25, 0.3) is 11.1 Å². The maximum Gasteiger partial charge on any atom is 0.259 e. The summed E-state index contributed by atoms with van der Waals surface area (Å²) in [6.07, 6.45) is 1.56. The number of halogens is 3. The number of pyridine rings is 2. The zero-order valence-corrected chi connectivity index (χ0v) is 21.7. The molecule has 194 valence electrons. The molecule has 1 saturated carbocycles. The van der Waals surface area contributed by atoms with Gasteiger partial charge in [-0.25, -0.2) is 18.7 Å². The van der Waals surface area contributed by atoms with Gasteiger partial charge in [-0.05, 0) is 37.8 Å². The molecule has 0 bridgehead atoms. The van der Waals surface area contributed by atoms with Crippen LogP contribution in [0.4, 0.5) is 13.9 Å². The van der Waals surface area contributed by atoms with Gasteiger partial charge in [-0.1, -0.05) is 22.9 Å². The summed E-state index contributed by atoms with van der Waals surface area (Å²) in [6, 6.07) is 3.41. The van der Waals surface area contributed by atoms with Crippen LogP contribution in [0.5, 0.6) is 5.75 Å². The zero-order valence-electron chi connectivity index (χ0n) is 20.1. The molecule has 1 aliphatic carbocycles. The van der Waals surface area contributed by atoms with Crippen molar-refractivity contribution in [1.82, 2.24) is 19.9 Å². The Morgan fingerprint density at radius 1 is 1.22 bits per heavy atom. The number of methoxy groups -OCH3 is 1. The monoisotopic (exact) mass is 547 g/mol. The maximum absolute atomic E-state index is 13.3. The molecule has 37 heavy (non-hydrogen) atoms. The molecule has 5 rings (SSSR count). The Bertz CT molecular complexity index is 1340. The van der Waals surface area contributed by atoms with Crippen molar-refractivity contribution in [2.45, 2.75) is 45.7 Å². The second kappa shape index (κ2) is 10.3. The van der Waals surface area contributed by atoms with Gasteiger partial charge in [-0.15, -0.1) is 0 Å². The number of carbonyl (C=O) groups is 2. The summed E-state index contributed by atoms with van der Waals surface area (Å²) in [5.41, 5.74) is 2.98. The number of thiazole rings is 1. The van der Waals surface area contributed by atoms with E-state index >= 15 is 0 Å². The van der Waals surface area contributed by atoms with E-state index in [9.17, 15) is 18.4 Å². The smallest absolute Gasteiger partial charge is 0.259 e. The number of carbonyl (C=O) groups excluding carboxylic acids is 2. The van der Waals surface area contributed by atoms with Crippen molar-refractivity contribution >= 4 is 39.9 Å². The van der Waals surface area contributed by atoms with E-state index in [1.807, 2.05) is 6.92 Å². The number of aromatic nitrogens is 3. The summed E-state index contributed by atoms with van der Waals surface area (Å²) in [7, 11) is 1.51. The van der Waals surface area contributed by atoms with Crippen molar-refractivity contribution in [3.63, 3.8) is 0 Å². The molecule has 1 fully saturated rings. The maximum atomic E-state index is 13.3. The molecule has 1 N–H and O–H groups in total. The Kier molecular flexibility index (Phi) is 7.09. The molecule has 3 aromatic heterocycles. The highest BCUT2D eigenvalue weighted by molar-refractivity contribution is 7.16. The van der Waals surface area contributed by atoms with Crippen LogP contribution in [0.1, 0.15) is 45.9 Å². The highest BCUT2D eigenvalue weighted by atomic mass is 35.5. The molecule has 12 heteroatoms. The van der Waals surface area contributed by atoms with E-state index < -0.39 is 12.3 Å². The van der Waals surface area contributed by atoms with Gasteiger partial charge in [0.1, 0.15) is 10.9 Å². The Hall–Kier alpha value is -3.18. The third kappa shape index (κ3) is 5.28. The first-order valence-electron chi connectivity index (χ1n) is 11.7. The number of hydrogen-bond acceptors (Lipinski definition) is 7. The largest absolute Gasteiger partial charge is 0.494 e. The van der Waals surface area contributed by atoms with Crippen molar-refractivity contribution in [1.29, 1.82) is 0 Å². The molecule has 0 spiro atoms. The number of nitrogens with one attached hydrogen (secondary N) is 1. The van der Waals surface area contributed by atoms with Gasteiger partial charge >= 0.3 is 0 Å². The number of hydrogen-bond donors (Lipinski definition) is 1. The van der Waals surface area contributed by atoms with Crippen LogP contribution in [-0.2, 0) is 17.9 Å². The second-order valence-electron chi connectivity index (χ2n) is 9.28. The fourth-order valence-corrected chi connectivity index (χ4v) is 5.95. The molecule has 1 aliphatic heterocycles. The normalized spacial score (nSPS) is 18.5. The SMILES string of the molecule is COc1cnc(Cl)cc1-c1cc(C)ncc1C(=O)Nc1nc2c(s1)CN(C(=O)C1CC(CC(F)F)C1)C2. The first kappa shape index (κ1) is 25.5. The van der Waals surface area contributed by atoms with E-state index in [-0.39, 0.29) is 29.3 Å². The summed E-state index contributed by atoms with van der Waals surface area (Å²) < 4.78 is 30.5. The molecule has 2 amide bonds. The number of aryl methyl sites for hydroxylation is 1. The average Bonchev–Trinajstić information content (AvgIpc) is 3.39. The van der Waals surface area contributed by atoms with E-state index in [1.54, 1.807) is 17.0 Å². The molecule has 2 aliphatic rings. The first-order chi connectivity index (χ1) is 17.7.